The van der Waals surface area contributed by atoms with Gasteiger partial charge in [0.05, 0.1) is 11.0 Å². The van der Waals surface area contributed by atoms with E-state index in [-0.39, 0.29) is 5.78 Å². The van der Waals surface area contributed by atoms with Crippen LogP contribution in [0.25, 0.3) is 11.0 Å². The molecule has 0 aliphatic carbocycles. The van der Waals surface area contributed by atoms with Crippen LogP contribution in [-0.4, -0.2) is 15.3 Å². The summed E-state index contributed by atoms with van der Waals surface area (Å²) in [4.78, 5) is 15.8. The number of aryl methyl sites for hydroxylation is 1. The van der Waals surface area contributed by atoms with Gasteiger partial charge in [-0.15, -0.1) is 0 Å². The van der Waals surface area contributed by atoms with Crippen LogP contribution in [0.4, 0.5) is 0 Å². The van der Waals surface area contributed by atoms with E-state index in [9.17, 15) is 4.79 Å². The van der Waals surface area contributed by atoms with E-state index in [1.807, 2.05) is 25.2 Å². The third kappa shape index (κ3) is 1.62. The molecule has 0 saturated heterocycles. The number of imidazole rings is 1. The summed E-state index contributed by atoms with van der Waals surface area (Å²) in [6.45, 7) is 5.81. The summed E-state index contributed by atoms with van der Waals surface area (Å²) in [7, 11) is 2.01. The largest absolute Gasteiger partial charge is 0.331 e. The first kappa shape index (κ1) is 10.9. The first-order chi connectivity index (χ1) is 7.50. The van der Waals surface area contributed by atoms with Crippen LogP contribution in [-0.2, 0) is 7.05 Å². The fourth-order valence-electron chi connectivity index (χ4n) is 1.95. The molecule has 0 atom stereocenters. The van der Waals surface area contributed by atoms with Crippen LogP contribution in [0.5, 0.6) is 0 Å². The lowest BCUT2D eigenvalue weighted by Crippen LogP contribution is -1.99. The Bertz CT molecular complexity index is 552. The van der Waals surface area contributed by atoms with Gasteiger partial charge in [-0.1, -0.05) is 13.8 Å². The van der Waals surface area contributed by atoms with Crippen LogP contribution in [0.15, 0.2) is 18.2 Å². The average molecular weight is 216 g/mol. The fraction of sp³-hybridized carbons (Fsp3) is 0.385. The van der Waals surface area contributed by atoms with Crippen molar-refractivity contribution in [2.45, 2.75) is 26.7 Å². The maximum absolute atomic E-state index is 11.3. The number of hydrogen-bond acceptors (Lipinski definition) is 2. The van der Waals surface area contributed by atoms with Crippen molar-refractivity contribution < 1.29 is 4.79 Å². The summed E-state index contributed by atoms with van der Waals surface area (Å²) in [6.07, 6.45) is 0. The van der Waals surface area contributed by atoms with Gasteiger partial charge in [0.25, 0.3) is 0 Å². The number of aromatic nitrogens is 2. The number of fused-ring (bicyclic) bond motifs is 1. The topological polar surface area (TPSA) is 34.9 Å². The predicted molar refractivity (Wildman–Crippen MR) is 64.8 cm³/mol. The lowest BCUT2D eigenvalue weighted by Gasteiger charge is -2.04. The molecule has 1 aromatic carbocycles. The van der Waals surface area contributed by atoms with Crippen molar-refractivity contribution in [1.29, 1.82) is 0 Å². The molecule has 2 aromatic rings. The highest BCUT2D eigenvalue weighted by Gasteiger charge is 2.11. The first-order valence-corrected chi connectivity index (χ1v) is 5.48. The minimum atomic E-state index is 0.0821. The maximum atomic E-state index is 11.3. The lowest BCUT2D eigenvalue weighted by molar-refractivity contribution is 0.101. The Morgan fingerprint density at radius 2 is 2.06 bits per heavy atom. The van der Waals surface area contributed by atoms with Gasteiger partial charge in [-0.25, -0.2) is 4.98 Å². The zero-order chi connectivity index (χ0) is 11.9. The molecule has 0 radical (unpaired) electrons. The number of carbonyl (C=O) groups excluding carboxylic acids is 1. The summed E-state index contributed by atoms with van der Waals surface area (Å²) in [6, 6.07) is 5.69. The molecule has 3 nitrogen and oxygen atoms in total. The summed E-state index contributed by atoms with van der Waals surface area (Å²) in [5.74, 6) is 1.52. The highest BCUT2D eigenvalue weighted by atomic mass is 16.1. The zero-order valence-electron chi connectivity index (χ0n) is 10.1. The maximum Gasteiger partial charge on any atom is 0.159 e. The van der Waals surface area contributed by atoms with Crippen LogP contribution in [0, 0.1) is 0 Å². The molecule has 0 fully saturated rings. The van der Waals surface area contributed by atoms with Crippen molar-refractivity contribution in [1.82, 2.24) is 9.55 Å². The van der Waals surface area contributed by atoms with Gasteiger partial charge in [0.2, 0.25) is 0 Å². The SMILES string of the molecule is CC(=O)c1ccc2c(c1)nc(C(C)C)n2C. The molecule has 0 N–H and O–H groups in total. The first-order valence-electron chi connectivity index (χ1n) is 5.48. The Morgan fingerprint density at radius 3 is 2.62 bits per heavy atom. The normalized spacial score (nSPS) is 11.3. The molecule has 0 aliphatic rings. The molecule has 1 aromatic heterocycles. The lowest BCUT2D eigenvalue weighted by atomic mass is 10.1. The zero-order valence-corrected chi connectivity index (χ0v) is 10.1. The highest BCUT2D eigenvalue weighted by molar-refractivity contribution is 5.97. The summed E-state index contributed by atoms with van der Waals surface area (Å²) < 4.78 is 2.09. The van der Waals surface area contributed by atoms with Crippen molar-refractivity contribution in [2.75, 3.05) is 0 Å². The molecule has 0 bridgehead atoms. The molecule has 0 aliphatic heterocycles. The average Bonchev–Trinajstić information content (AvgIpc) is 2.55. The molecule has 0 amide bonds. The molecule has 3 heteroatoms. The van der Waals surface area contributed by atoms with Crippen molar-refractivity contribution >= 4 is 16.8 Å². The Balaban J connectivity index is 2.67. The van der Waals surface area contributed by atoms with Crippen LogP contribution in [0.3, 0.4) is 0 Å². The second-order valence-corrected chi connectivity index (χ2v) is 4.44. The van der Waals surface area contributed by atoms with Crippen molar-refractivity contribution in [3.8, 4) is 0 Å². The van der Waals surface area contributed by atoms with E-state index >= 15 is 0 Å². The van der Waals surface area contributed by atoms with Gasteiger partial charge in [0, 0.05) is 18.5 Å². The Kier molecular flexibility index (Phi) is 2.54. The second kappa shape index (κ2) is 3.74. The molecule has 0 unspecified atom stereocenters. The standard InChI is InChI=1S/C13H16N2O/c1-8(2)13-14-11-7-10(9(3)16)5-6-12(11)15(13)4/h5-8H,1-4H3. The molecule has 2 rings (SSSR count). The summed E-state index contributed by atoms with van der Waals surface area (Å²) in [5, 5.41) is 0. The minimum Gasteiger partial charge on any atom is -0.331 e. The second-order valence-electron chi connectivity index (χ2n) is 4.44. The van der Waals surface area contributed by atoms with Gasteiger partial charge in [-0.2, -0.15) is 0 Å². The summed E-state index contributed by atoms with van der Waals surface area (Å²) in [5.41, 5.74) is 2.70. The van der Waals surface area contributed by atoms with Gasteiger partial charge in [-0.05, 0) is 25.1 Å². The van der Waals surface area contributed by atoms with Crippen LogP contribution < -0.4 is 0 Å². The highest BCUT2D eigenvalue weighted by Crippen LogP contribution is 2.21. The monoisotopic (exact) mass is 216 g/mol. The Hall–Kier alpha value is -1.64. The summed E-state index contributed by atoms with van der Waals surface area (Å²) >= 11 is 0. The van der Waals surface area contributed by atoms with Crippen LogP contribution >= 0.6 is 0 Å². The van der Waals surface area contributed by atoms with E-state index in [0.29, 0.717) is 5.92 Å². The van der Waals surface area contributed by atoms with E-state index in [1.165, 1.54) is 0 Å². The third-order valence-corrected chi connectivity index (χ3v) is 2.84. The van der Waals surface area contributed by atoms with Gasteiger partial charge in [0.1, 0.15) is 5.82 Å². The van der Waals surface area contributed by atoms with Gasteiger partial charge in [0.15, 0.2) is 5.78 Å². The van der Waals surface area contributed by atoms with Gasteiger partial charge in [-0.3, -0.25) is 4.79 Å². The fourth-order valence-corrected chi connectivity index (χ4v) is 1.95. The van der Waals surface area contributed by atoms with E-state index in [2.05, 4.69) is 23.4 Å². The number of ketones is 1. The predicted octanol–water partition coefficient (Wildman–Crippen LogP) is 2.90. The molecule has 0 spiro atoms. The quantitative estimate of drug-likeness (QED) is 0.723. The van der Waals surface area contributed by atoms with E-state index in [4.69, 9.17) is 0 Å². The number of benzene rings is 1. The molecular formula is C13H16N2O. The Labute approximate surface area is 95.1 Å². The molecular weight excluding hydrogens is 200 g/mol. The Morgan fingerprint density at radius 1 is 1.38 bits per heavy atom. The number of Topliss-reactive ketones (excluding diaryl/α,β-unsaturated/α-hetero) is 1. The van der Waals surface area contributed by atoms with E-state index < -0.39 is 0 Å². The number of carbonyl (C=O) groups is 1. The number of rotatable bonds is 2. The minimum absolute atomic E-state index is 0.0821. The molecule has 84 valence electrons. The number of nitrogens with zero attached hydrogens (tertiary/aromatic N) is 2. The third-order valence-electron chi connectivity index (χ3n) is 2.84. The molecule has 1 heterocycles. The van der Waals surface area contributed by atoms with E-state index in [0.717, 1.165) is 22.4 Å². The smallest absolute Gasteiger partial charge is 0.159 e. The van der Waals surface area contributed by atoms with Crippen LogP contribution in [0.1, 0.15) is 42.9 Å². The van der Waals surface area contributed by atoms with Crippen molar-refractivity contribution in [3.05, 3.63) is 29.6 Å². The van der Waals surface area contributed by atoms with Crippen LogP contribution in [0.2, 0.25) is 0 Å². The van der Waals surface area contributed by atoms with Gasteiger partial charge < -0.3 is 4.57 Å². The van der Waals surface area contributed by atoms with E-state index in [1.54, 1.807) is 6.92 Å². The van der Waals surface area contributed by atoms with Crippen molar-refractivity contribution in [3.63, 3.8) is 0 Å². The molecule has 0 saturated carbocycles. The van der Waals surface area contributed by atoms with Gasteiger partial charge >= 0.3 is 0 Å². The number of hydrogen-bond donors (Lipinski definition) is 0. The molecule has 16 heavy (non-hydrogen) atoms. The van der Waals surface area contributed by atoms with Crippen molar-refractivity contribution in [2.24, 2.45) is 7.05 Å².